The first-order chi connectivity index (χ1) is 7.88. The van der Waals surface area contributed by atoms with E-state index in [4.69, 9.17) is 18.0 Å². The average molecular weight is 279 g/mol. The largest absolute Gasteiger partial charge is 0.392 e. The number of likely N-dealkylation sites (N-methyl/N-ethyl adjacent to an activating group) is 1. The quantitative estimate of drug-likeness (QED) is 0.615. The number of nitrogens with zero attached hydrogens (tertiary/aromatic N) is 1. The smallest absolute Gasteiger partial charge is 0.220 e. The molecule has 1 aliphatic rings. The van der Waals surface area contributed by atoms with E-state index in [1.807, 2.05) is 0 Å². The van der Waals surface area contributed by atoms with Crippen LogP contribution in [-0.2, 0) is 10.0 Å². The van der Waals surface area contributed by atoms with Gasteiger partial charge in [0.25, 0.3) is 0 Å². The van der Waals surface area contributed by atoms with Crippen LogP contribution in [0.2, 0.25) is 0 Å². The molecule has 7 heteroatoms. The Balaban J connectivity index is 2.36. The normalized spacial score (nSPS) is 18.3. The predicted octanol–water partition coefficient (Wildman–Crippen LogP) is 0.0647. The Morgan fingerprint density at radius 3 is 2.59 bits per heavy atom. The van der Waals surface area contributed by atoms with E-state index in [2.05, 4.69) is 16.5 Å². The molecule has 0 aliphatic heterocycles. The van der Waals surface area contributed by atoms with Gasteiger partial charge in [0.05, 0.1) is 4.99 Å². The van der Waals surface area contributed by atoms with Crippen LogP contribution in [0.25, 0.3) is 0 Å². The van der Waals surface area contributed by atoms with Gasteiger partial charge in [-0.25, -0.2) is 13.1 Å². The second-order valence-corrected chi connectivity index (χ2v) is 6.90. The molecule has 1 atom stereocenters. The lowest BCUT2D eigenvalue weighted by Crippen LogP contribution is -2.43. The first-order valence-electron chi connectivity index (χ1n) is 5.90. The van der Waals surface area contributed by atoms with Crippen molar-refractivity contribution < 1.29 is 8.42 Å². The van der Waals surface area contributed by atoms with Crippen LogP contribution in [0.5, 0.6) is 0 Å². The van der Waals surface area contributed by atoms with Crippen LogP contribution < -0.4 is 10.5 Å². The molecule has 0 aromatic rings. The van der Waals surface area contributed by atoms with Crippen LogP contribution in [0.3, 0.4) is 0 Å². The van der Waals surface area contributed by atoms with Gasteiger partial charge >= 0.3 is 0 Å². The van der Waals surface area contributed by atoms with E-state index in [0.717, 1.165) is 13.1 Å². The van der Waals surface area contributed by atoms with E-state index < -0.39 is 15.3 Å². The fraction of sp³-hybridized carbons (Fsp3) is 0.900. The summed E-state index contributed by atoms with van der Waals surface area (Å²) in [6.45, 7) is 5.70. The molecule has 0 amide bonds. The van der Waals surface area contributed by atoms with Crippen molar-refractivity contribution in [1.82, 2.24) is 9.62 Å². The molecule has 0 bridgehead atoms. The minimum Gasteiger partial charge on any atom is -0.392 e. The number of rotatable bonds is 8. The van der Waals surface area contributed by atoms with Gasteiger partial charge in [0.1, 0.15) is 5.25 Å². The molecular formula is C10H21N3O2S2. The summed E-state index contributed by atoms with van der Waals surface area (Å²) in [5.41, 5.74) is 5.34. The molecule has 1 unspecified atom stereocenters. The highest BCUT2D eigenvalue weighted by molar-refractivity contribution is 7.93. The summed E-state index contributed by atoms with van der Waals surface area (Å²) in [5, 5.41) is -0.812. The number of hydrogen-bond donors (Lipinski definition) is 2. The van der Waals surface area contributed by atoms with Gasteiger partial charge in [-0.05, 0) is 26.3 Å². The van der Waals surface area contributed by atoms with E-state index in [-0.39, 0.29) is 4.99 Å². The predicted molar refractivity (Wildman–Crippen MR) is 73.4 cm³/mol. The number of sulfonamides is 1. The topological polar surface area (TPSA) is 75.4 Å². The van der Waals surface area contributed by atoms with Gasteiger partial charge in [-0.3, -0.25) is 4.90 Å². The Bertz CT molecular complexity index is 366. The molecule has 3 N–H and O–H groups in total. The summed E-state index contributed by atoms with van der Waals surface area (Å²) in [4.78, 5) is 2.29. The van der Waals surface area contributed by atoms with Crippen molar-refractivity contribution in [3.05, 3.63) is 0 Å². The maximum Gasteiger partial charge on any atom is 0.220 e. The first kappa shape index (κ1) is 14.8. The molecule has 1 aliphatic carbocycles. The van der Waals surface area contributed by atoms with Gasteiger partial charge in [-0.2, -0.15) is 0 Å². The Labute approximate surface area is 109 Å². The third-order valence-corrected chi connectivity index (χ3v) is 5.33. The van der Waals surface area contributed by atoms with Crippen molar-refractivity contribution in [3.8, 4) is 0 Å². The van der Waals surface area contributed by atoms with E-state index in [1.54, 1.807) is 0 Å². The Kier molecular flexibility index (Phi) is 5.30. The van der Waals surface area contributed by atoms with Crippen LogP contribution in [0.15, 0.2) is 0 Å². The SMILES string of the molecule is CCN(CCNS(=O)(=O)C(C)C(N)=S)C1CC1. The number of nitrogens with two attached hydrogens (primary N) is 1. The highest BCUT2D eigenvalue weighted by atomic mass is 32.2. The lowest BCUT2D eigenvalue weighted by molar-refractivity contribution is 0.282. The van der Waals surface area contributed by atoms with E-state index in [1.165, 1.54) is 19.8 Å². The molecular weight excluding hydrogens is 258 g/mol. The monoisotopic (exact) mass is 279 g/mol. The van der Waals surface area contributed by atoms with Crippen LogP contribution in [0.4, 0.5) is 0 Å². The molecule has 1 fully saturated rings. The average Bonchev–Trinajstić information content (AvgIpc) is 3.07. The van der Waals surface area contributed by atoms with Crippen molar-refractivity contribution in [2.75, 3.05) is 19.6 Å². The maximum atomic E-state index is 11.7. The molecule has 0 saturated heterocycles. The summed E-state index contributed by atoms with van der Waals surface area (Å²) < 4.78 is 26.0. The Morgan fingerprint density at radius 2 is 2.18 bits per heavy atom. The van der Waals surface area contributed by atoms with Crippen molar-refractivity contribution in [2.45, 2.75) is 38.0 Å². The Hall–Kier alpha value is -0.240. The van der Waals surface area contributed by atoms with Crippen LogP contribution in [0.1, 0.15) is 26.7 Å². The second kappa shape index (κ2) is 6.08. The molecule has 1 saturated carbocycles. The van der Waals surface area contributed by atoms with Crippen molar-refractivity contribution in [1.29, 1.82) is 0 Å². The zero-order valence-electron chi connectivity index (χ0n) is 10.3. The van der Waals surface area contributed by atoms with Gasteiger partial charge < -0.3 is 5.73 Å². The molecule has 17 heavy (non-hydrogen) atoms. The summed E-state index contributed by atoms with van der Waals surface area (Å²) in [7, 11) is -3.41. The zero-order valence-corrected chi connectivity index (χ0v) is 12.0. The van der Waals surface area contributed by atoms with Gasteiger partial charge in [0.2, 0.25) is 10.0 Å². The first-order valence-corrected chi connectivity index (χ1v) is 7.85. The van der Waals surface area contributed by atoms with Crippen LogP contribution in [-0.4, -0.2) is 49.2 Å². The van der Waals surface area contributed by atoms with E-state index in [0.29, 0.717) is 12.6 Å². The fourth-order valence-electron chi connectivity index (χ4n) is 1.65. The summed E-state index contributed by atoms with van der Waals surface area (Å²) in [6, 6.07) is 0.650. The minimum absolute atomic E-state index is 0.00652. The molecule has 5 nitrogen and oxygen atoms in total. The summed E-state index contributed by atoms with van der Waals surface area (Å²) >= 11 is 4.69. The van der Waals surface area contributed by atoms with E-state index >= 15 is 0 Å². The highest BCUT2D eigenvalue weighted by Gasteiger charge is 2.28. The maximum absolute atomic E-state index is 11.7. The molecule has 1 rings (SSSR count). The van der Waals surface area contributed by atoms with Gasteiger partial charge in [0, 0.05) is 19.1 Å². The third-order valence-electron chi connectivity index (χ3n) is 3.04. The number of thiocarbonyl (C=S) groups is 1. The van der Waals surface area contributed by atoms with Gasteiger partial charge in [0.15, 0.2) is 0 Å². The summed E-state index contributed by atoms with van der Waals surface area (Å²) in [6.07, 6.45) is 2.45. The highest BCUT2D eigenvalue weighted by Crippen LogP contribution is 2.25. The third kappa shape index (κ3) is 4.50. The number of hydrogen-bond acceptors (Lipinski definition) is 4. The van der Waals surface area contributed by atoms with Crippen molar-refractivity contribution in [3.63, 3.8) is 0 Å². The second-order valence-electron chi connectivity index (χ2n) is 4.34. The van der Waals surface area contributed by atoms with E-state index in [9.17, 15) is 8.42 Å². The zero-order chi connectivity index (χ0) is 13.1. The Morgan fingerprint density at radius 1 is 1.59 bits per heavy atom. The summed E-state index contributed by atoms with van der Waals surface area (Å²) in [5.74, 6) is 0. The number of nitrogens with one attached hydrogen (secondary N) is 1. The lowest BCUT2D eigenvalue weighted by Gasteiger charge is -2.20. The standard InChI is InChI=1S/C10H21N3O2S2/c1-3-13(9-4-5-9)7-6-12-17(14,15)8(2)10(11)16/h8-9,12H,3-7H2,1-2H3,(H2,11,16). The van der Waals surface area contributed by atoms with Gasteiger partial charge in [-0.1, -0.05) is 19.1 Å². The van der Waals surface area contributed by atoms with Crippen LogP contribution >= 0.6 is 12.2 Å². The molecule has 100 valence electrons. The molecule has 0 spiro atoms. The molecule has 0 heterocycles. The molecule has 0 aromatic carbocycles. The molecule has 0 radical (unpaired) electrons. The van der Waals surface area contributed by atoms with Crippen LogP contribution in [0, 0.1) is 0 Å². The van der Waals surface area contributed by atoms with Crippen molar-refractivity contribution in [2.24, 2.45) is 5.73 Å². The van der Waals surface area contributed by atoms with Crippen molar-refractivity contribution >= 4 is 27.2 Å². The molecule has 0 aromatic heterocycles. The fourth-order valence-corrected chi connectivity index (χ4v) is 2.96. The lowest BCUT2D eigenvalue weighted by atomic mass is 10.4. The van der Waals surface area contributed by atoms with Gasteiger partial charge in [-0.15, -0.1) is 0 Å². The minimum atomic E-state index is -3.41.